The van der Waals surface area contributed by atoms with Crippen molar-refractivity contribution in [3.8, 4) is 5.75 Å². The summed E-state index contributed by atoms with van der Waals surface area (Å²) in [5, 5.41) is 10.3. The standard InChI is InChI=1S/C6H5N5O/c1-2-6(4-7-3-1)12-11-5-8-9-10-11/h1-5H. The molecule has 12 heavy (non-hydrogen) atoms. The SMILES string of the molecule is c1cncc(On2cnnn2)c1. The maximum absolute atomic E-state index is 5.14. The minimum Gasteiger partial charge on any atom is -0.353 e. The van der Waals surface area contributed by atoms with Crippen LogP contribution in [0.3, 0.4) is 0 Å². The lowest BCUT2D eigenvalue weighted by Gasteiger charge is -1.99. The Morgan fingerprint density at radius 1 is 1.42 bits per heavy atom. The van der Waals surface area contributed by atoms with Gasteiger partial charge in [0.25, 0.3) is 0 Å². The van der Waals surface area contributed by atoms with Gasteiger partial charge in [0, 0.05) is 6.20 Å². The van der Waals surface area contributed by atoms with Crippen LogP contribution in [0.5, 0.6) is 5.75 Å². The minimum absolute atomic E-state index is 0.588. The average Bonchev–Trinajstić information content (AvgIpc) is 2.59. The summed E-state index contributed by atoms with van der Waals surface area (Å²) < 4.78 is 0. The van der Waals surface area contributed by atoms with Gasteiger partial charge in [-0.15, -0.1) is 5.10 Å². The smallest absolute Gasteiger partial charge is 0.180 e. The second kappa shape index (κ2) is 2.95. The molecule has 2 rings (SSSR count). The normalized spacial score (nSPS) is 9.67. The topological polar surface area (TPSA) is 65.7 Å². The Morgan fingerprint density at radius 3 is 3.08 bits per heavy atom. The Morgan fingerprint density at radius 2 is 2.42 bits per heavy atom. The molecule has 0 bridgehead atoms. The van der Waals surface area contributed by atoms with Crippen LogP contribution >= 0.6 is 0 Å². The van der Waals surface area contributed by atoms with Crippen LogP contribution < -0.4 is 4.84 Å². The molecule has 2 heterocycles. The number of aromatic nitrogens is 5. The molecule has 0 aliphatic heterocycles. The first-order valence-corrected chi connectivity index (χ1v) is 3.26. The molecule has 0 saturated carbocycles. The fourth-order valence-electron chi connectivity index (χ4n) is 0.704. The Hall–Kier alpha value is -1.98. The van der Waals surface area contributed by atoms with Gasteiger partial charge >= 0.3 is 0 Å². The van der Waals surface area contributed by atoms with Crippen molar-refractivity contribution < 1.29 is 4.84 Å². The minimum atomic E-state index is 0.588. The predicted octanol–water partition coefficient (Wildman–Crippen LogP) is -0.0898. The lowest BCUT2D eigenvalue weighted by molar-refractivity contribution is 0.172. The van der Waals surface area contributed by atoms with Gasteiger partial charge in [-0.1, -0.05) is 4.85 Å². The van der Waals surface area contributed by atoms with Crippen LogP contribution in [0, 0.1) is 0 Å². The summed E-state index contributed by atoms with van der Waals surface area (Å²) in [4.78, 5) is 10.1. The summed E-state index contributed by atoms with van der Waals surface area (Å²) in [6.07, 6.45) is 4.58. The van der Waals surface area contributed by atoms with E-state index in [1.54, 1.807) is 24.5 Å². The highest BCUT2D eigenvalue weighted by Gasteiger charge is 1.94. The third-order valence-corrected chi connectivity index (χ3v) is 1.16. The van der Waals surface area contributed by atoms with Crippen LogP contribution in [-0.4, -0.2) is 25.4 Å². The highest BCUT2D eigenvalue weighted by molar-refractivity contribution is 5.14. The lowest BCUT2D eigenvalue weighted by atomic mass is 10.5. The van der Waals surface area contributed by atoms with E-state index in [4.69, 9.17) is 4.84 Å². The van der Waals surface area contributed by atoms with E-state index in [2.05, 4.69) is 20.5 Å². The fourth-order valence-corrected chi connectivity index (χ4v) is 0.704. The van der Waals surface area contributed by atoms with Crippen LogP contribution in [0.2, 0.25) is 0 Å². The number of hydrogen-bond donors (Lipinski definition) is 0. The molecule has 0 N–H and O–H groups in total. The second-order valence-corrected chi connectivity index (χ2v) is 1.99. The molecule has 6 nitrogen and oxygen atoms in total. The Bertz CT molecular complexity index is 332. The van der Waals surface area contributed by atoms with Crippen LogP contribution in [0.15, 0.2) is 30.9 Å². The molecule has 0 aliphatic carbocycles. The summed E-state index contributed by atoms with van der Waals surface area (Å²) in [7, 11) is 0. The van der Waals surface area contributed by atoms with Crippen LogP contribution in [0.4, 0.5) is 0 Å². The molecule has 0 amide bonds. The van der Waals surface area contributed by atoms with Gasteiger partial charge in [0.05, 0.1) is 6.20 Å². The molecular weight excluding hydrogens is 158 g/mol. The van der Waals surface area contributed by atoms with Gasteiger partial charge in [-0.2, -0.15) is 0 Å². The van der Waals surface area contributed by atoms with Crippen LogP contribution in [0.1, 0.15) is 0 Å². The highest BCUT2D eigenvalue weighted by atomic mass is 16.7. The van der Waals surface area contributed by atoms with Crippen molar-refractivity contribution >= 4 is 0 Å². The molecule has 0 spiro atoms. The first kappa shape index (κ1) is 6.71. The van der Waals surface area contributed by atoms with Gasteiger partial charge in [0.2, 0.25) is 0 Å². The molecule has 0 saturated heterocycles. The largest absolute Gasteiger partial charge is 0.353 e. The Balaban J connectivity index is 2.15. The molecule has 0 aliphatic rings. The van der Waals surface area contributed by atoms with Gasteiger partial charge in [0.15, 0.2) is 12.1 Å². The van der Waals surface area contributed by atoms with Crippen molar-refractivity contribution in [2.75, 3.05) is 0 Å². The maximum Gasteiger partial charge on any atom is 0.180 e. The Labute approximate surface area is 67.8 Å². The number of tetrazole rings is 1. The zero-order valence-electron chi connectivity index (χ0n) is 6.03. The third-order valence-electron chi connectivity index (χ3n) is 1.16. The number of pyridine rings is 1. The number of nitrogens with zero attached hydrogens (tertiary/aromatic N) is 5. The van der Waals surface area contributed by atoms with Crippen molar-refractivity contribution in [2.24, 2.45) is 0 Å². The van der Waals surface area contributed by atoms with Gasteiger partial charge in [0.1, 0.15) is 0 Å². The summed E-state index contributed by atoms with van der Waals surface area (Å²) in [6.45, 7) is 0. The van der Waals surface area contributed by atoms with E-state index in [0.29, 0.717) is 5.75 Å². The number of rotatable bonds is 2. The lowest BCUT2D eigenvalue weighted by Crippen LogP contribution is -2.05. The molecule has 60 valence electrons. The van der Waals surface area contributed by atoms with Gasteiger partial charge in [-0.25, -0.2) is 0 Å². The molecule has 0 fully saturated rings. The van der Waals surface area contributed by atoms with Crippen molar-refractivity contribution in [1.82, 2.24) is 25.4 Å². The maximum atomic E-state index is 5.14. The molecular formula is C6H5N5O. The van der Waals surface area contributed by atoms with Crippen molar-refractivity contribution in [2.45, 2.75) is 0 Å². The van der Waals surface area contributed by atoms with E-state index in [0.717, 1.165) is 4.85 Å². The third kappa shape index (κ3) is 1.36. The molecule has 0 atom stereocenters. The molecule has 0 unspecified atom stereocenters. The number of hydrogen-bond acceptors (Lipinski definition) is 5. The van der Waals surface area contributed by atoms with Crippen molar-refractivity contribution in [3.05, 3.63) is 30.9 Å². The summed E-state index contributed by atoms with van der Waals surface area (Å²) in [6, 6.07) is 3.52. The zero-order valence-corrected chi connectivity index (χ0v) is 6.03. The van der Waals surface area contributed by atoms with E-state index in [1.165, 1.54) is 6.33 Å². The molecule has 2 aromatic rings. The monoisotopic (exact) mass is 163 g/mol. The first-order valence-electron chi connectivity index (χ1n) is 3.26. The van der Waals surface area contributed by atoms with E-state index in [1.807, 2.05) is 0 Å². The van der Waals surface area contributed by atoms with E-state index in [-0.39, 0.29) is 0 Å². The van der Waals surface area contributed by atoms with Gasteiger partial charge in [-0.3, -0.25) is 4.98 Å². The quantitative estimate of drug-likeness (QED) is 0.619. The van der Waals surface area contributed by atoms with E-state index in [9.17, 15) is 0 Å². The van der Waals surface area contributed by atoms with E-state index < -0.39 is 0 Å². The summed E-state index contributed by atoms with van der Waals surface area (Å²) in [5.74, 6) is 0.588. The molecule has 0 radical (unpaired) electrons. The van der Waals surface area contributed by atoms with Crippen molar-refractivity contribution in [3.63, 3.8) is 0 Å². The molecule has 6 heteroatoms. The first-order chi connectivity index (χ1) is 5.95. The van der Waals surface area contributed by atoms with E-state index >= 15 is 0 Å². The summed E-state index contributed by atoms with van der Waals surface area (Å²) in [5.41, 5.74) is 0. The summed E-state index contributed by atoms with van der Waals surface area (Å²) >= 11 is 0. The van der Waals surface area contributed by atoms with Gasteiger partial charge in [-0.05, 0) is 22.6 Å². The fraction of sp³-hybridized carbons (Fsp3) is 0. The van der Waals surface area contributed by atoms with Gasteiger partial charge < -0.3 is 4.84 Å². The van der Waals surface area contributed by atoms with Crippen LogP contribution in [-0.2, 0) is 0 Å². The highest BCUT2D eigenvalue weighted by Crippen LogP contribution is 2.05. The van der Waals surface area contributed by atoms with Crippen molar-refractivity contribution in [1.29, 1.82) is 0 Å². The zero-order chi connectivity index (χ0) is 8.23. The Kier molecular flexibility index (Phi) is 1.65. The predicted molar refractivity (Wildman–Crippen MR) is 38.1 cm³/mol. The molecule has 0 aromatic carbocycles. The molecule has 2 aromatic heterocycles. The van der Waals surface area contributed by atoms with Crippen LogP contribution in [0.25, 0.3) is 0 Å². The average molecular weight is 163 g/mol. The second-order valence-electron chi connectivity index (χ2n) is 1.99.